The Kier molecular flexibility index (Phi) is 4.22. The average molecular weight is 171 g/mol. The molecule has 1 rings (SSSR count). The van der Waals surface area contributed by atoms with Crippen molar-refractivity contribution in [3.05, 3.63) is 4.91 Å². The van der Waals surface area contributed by atoms with Crippen LogP contribution in [0, 0.1) is 4.91 Å². The van der Waals surface area contributed by atoms with Gasteiger partial charge >= 0.3 is 0 Å². The molecule has 0 heterocycles. The van der Waals surface area contributed by atoms with Crippen LogP contribution in [0.3, 0.4) is 0 Å². The largest absolute Gasteiger partial charge is 0.376 e. The first-order chi connectivity index (χ1) is 5.83. The Balaban J connectivity index is 2.08. The fraction of sp³-hybridized carbons (Fsp3) is 1.00. The molecule has 0 saturated heterocycles. The van der Waals surface area contributed by atoms with Gasteiger partial charge in [0.1, 0.15) is 6.04 Å². The van der Waals surface area contributed by atoms with E-state index in [9.17, 15) is 4.91 Å². The summed E-state index contributed by atoms with van der Waals surface area (Å²) < 4.78 is 5.54. The predicted molar refractivity (Wildman–Crippen MR) is 48.1 cm³/mol. The van der Waals surface area contributed by atoms with Crippen LogP contribution in [0.1, 0.15) is 39.0 Å². The zero-order valence-corrected chi connectivity index (χ0v) is 7.66. The monoisotopic (exact) mass is 171 g/mol. The second kappa shape index (κ2) is 5.25. The Bertz CT molecular complexity index is 132. The smallest absolute Gasteiger partial charge is 0.112 e. The van der Waals surface area contributed by atoms with Gasteiger partial charge in [-0.2, -0.15) is 4.91 Å². The summed E-state index contributed by atoms with van der Waals surface area (Å²) in [4.78, 5) is 10.0. The Morgan fingerprint density at radius 2 is 2.08 bits per heavy atom. The van der Waals surface area contributed by atoms with Gasteiger partial charge in [-0.05, 0) is 19.8 Å². The second-order valence-corrected chi connectivity index (χ2v) is 3.55. The highest BCUT2D eigenvalue weighted by Crippen LogP contribution is 2.20. The summed E-state index contributed by atoms with van der Waals surface area (Å²) >= 11 is 0. The van der Waals surface area contributed by atoms with Gasteiger partial charge in [-0.15, -0.1) is 0 Å². The maximum absolute atomic E-state index is 10.0. The Hall–Kier alpha value is -0.440. The topological polar surface area (TPSA) is 38.7 Å². The molecule has 1 aliphatic carbocycles. The fourth-order valence-corrected chi connectivity index (χ4v) is 1.54. The van der Waals surface area contributed by atoms with E-state index in [1.165, 1.54) is 19.3 Å². The minimum Gasteiger partial charge on any atom is -0.376 e. The minimum absolute atomic E-state index is 0.188. The summed E-state index contributed by atoms with van der Waals surface area (Å²) in [6, 6.07) is -0.188. The molecule has 0 spiro atoms. The van der Waals surface area contributed by atoms with Crippen molar-refractivity contribution in [3.8, 4) is 0 Å². The van der Waals surface area contributed by atoms with Gasteiger partial charge in [0, 0.05) is 0 Å². The van der Waals surface area contributed by atoms with E-state index in [1.54, 1.807) is 6.92 Å². The standard InChI is InChI=1S/C9H17NO2/c1-8(10-11)7-12-9-5-3-2-4-6-9/h8-9H,2-7H2,1H3. The highest BCUT2D eigenvalue weighted by molar-refractivity contribution is 4.66. The van der Waals surface area contributed by atoms with E-state index in [2.05, 4.69) is 5.18 Å². The first-order valence-corrected chi connectivity index (χ1v) is 4.77. The van der Waals surface area contributed by atoms with Gasteiger partial charge in [0.2, 0.25) is 0 Å². The van der Waals surface area contributed by atoms with E-state index in [1.807, 2.05) is 0 Å². The third kappa shape index (κ3) is 3.30. The molecule has 12 heavy (non-hydrogen) atoms. The van der Waals surface area contributed by atoms with Crippen LogP contribution < -0.4 is 0 Å². The number of hydrogen-bond acceptors (Lipinski definition) is 3. The van der Waals surface area contributed by atoms with Crippen molar-refractivity contribution in [2.75, 3.05) is 6.61 Å². The third-order valence-corrected chi connectivity index (χ3v) is 2.31. The van der Waals surface area contributed by atoms with Crippen LogP contribution in [0.5, 0.6) is 0 Å². The molecule has 0 bridgehead atoms. The van der Waals surface area contributed by atoms with Crippen LogP contribution in [-0.2, 0) is 4.74 Å². The average Bonchev–Trinajstić information content (AvgIpc) is 2.16. The normalized spacial score (nSPS) is 22.1. The van der Waals surface area contributed by atoms with E-state index >= 15 is 0 Å². The van der Waals surface area contributed by atoms with E-state index in [0.717, 1.165) is 12.8 Å². The molecule has 0 amide bonds. The minimum atomic E-state index is -0.188. The van der Waals surface area contributed by atoms with Crippen molar-refractivity contribution in [1.82, 2.24) is 0 Å². The van der Waals surface area contributed by atoms with Gasteiger partial charge in [0.25, 0.3) is 0 Å². The quantitative estimate of drug-likeness (QED) is 0.609. The van der Waals surface area contributed by atoms with Gasteiger partial charge in [0.15, 0.2) is 0 Å². The number of nitrogens with zero attached hydrogens (tertiary/aromatic N) is 1. The Morgan fingerprint density at radius 3 is 2.67 bits per heavy atom. The van der Waals surface area contributed by atoms with Crippen LogP contribution in [0.4, 0.5) is 0 Å². The molecule has 1 saturated carbocycles. The first kappa shape index (κ1) is 9.65. The molecule has 0 N–H and O–H groups in total. The molecular weight excluding hydrogens is 154 g/mol. The lowest BCUT2D eigenvalue weighted by molar-refractivity contribution is 0.0230. The molecule has 1 unspecified atom stereocenters. The number of hydrogen-bond donors (Lipinski definition) is 0. The molecule has 1 aliphatic rings. The van der Waals surface area contributed by atoms with Crippen molar-refractivity contribution in [3.63, 3.8) is 0 Å². The summed E-state index contributed by atoms with van der Waals surface area (Å²) in [6.07, 6.45) is 6.59. The van der Waals surface area contributed by atoms with Crippen molar-refractivity contribution < 1.29 is 4.74 Å². The number of ether oxygens (including phenoxy) is 1. The van der Waals surface area contributed by atoms with Crippen molar-refractivity contribution in [2.45, 2.75) is 51.2 Å². The number of rotatable bonds is 4. The van der Waals surface area contributed by atoms with E-state index in [-0.39, 0.29) is 6.04 Å². The summed E-state index contributed by atoms with van der Waals surface area (Å²) in [5.74, 6) is 0. The molecule has 3 heteroatoms. The predicted octanol–water partition coefficient (Wildman–Crippen LogP) is 2.49. The lowest BCUT2D eigenvalue weighted by atomic mass is 9.98. The lowest BCUT2D eigenvalue weighted by Crippen LogP contribution is -2.20. The van der Waals surface area contributed by atoms with Crippen LogP contribution in [0.15, 0.2) is 5.18 Å². The summed E-state index contributed by atoms with van der Waals surface area (Å²) in [6.45, 7) is 2.28. The zero-order valence-electron chi connectivity index (χ0n) is 7.66. The molecule has 0 aromatic carbocycles. The first-order valence-electron chi connectivity index (χ1n) is 4.77. The van der Waals surface area contributed by atoms with Crippen molar-refractivity contribution in [1.29, 1.82) is 0 Å². The molecule has 1 atom stereocenters. The molecule has 0 aromatic heterocycles. The van der Waals surface area contributed by atoms with Crippen LogP contribution in [0.25, 0.3) is 0 Å². The van der Waals surface area contributed by atoms with Gasteiger partial charge in [-0.25, -0.2) is 0 Å². The van der Waals surface area contributed by atoms with Crippen LogP contribution >= 0.6 is 0 Å². The highest BCUT2D eigenvalue weighted by atomic mass is 16.5. The molecular formula is C9H17NO2. The van der Waals surface area contributed by atoms with E-state index < -0.39 is 0 Å². The SMILES string of the molecule is CC(COC1CCCCC1)N=O. The lowest BCUT2D eigenvalue weighted by Gasteiger charge is -2.22. The van der Waals surface area contributed by atoms with Crippen molar-refractivity contribution >= 4 is 0 Å². The maximum Gasteiger partial charge on any atom is 0.112 e. The summed E-state index contributed by atoms with van der Waals surface area (Å²) in [5.41, 5.74) is 0. The van der Waals surface area contributed by atoms with E-state index in [4.69, 9.17) is 4.74 Å². The molecule has 0 aromatic rings. The molecule has 3 nitrogen and oxygen atoms in total. The zero-order chi connectivity index (χ0) is 8.81. The fourth-order valence-electron chi connectivity index (χ4n) is 1.54. The number of nitroso groups, excluding NO2 is 1. The van der Waals surface area contributed by atoms with Crippen molar-refractivity contribution in [2.24, 2.45) is 5.18 Å². The van der Waals surface area contributed by atoms with Crippen LogP contribution in [0.2, 0.25) is 0 Å². The van der Waals surface area contributed by atoms with Gasteiger partial charge in [-0.1, -0.05) is 24.4 Å². The third-order valence-electron chi connectivity index (χ3n) is 2.31. The highest BCUT2D eigenvalue weighted by Gasteiger charge is 2.14. The van der Waals surface area contributed by atoms with Gasteiger partial charge in [-0.3, -0.25) is 0 Å². The Morgan fingerprint density at radius 1 is 1.42 bits per heavy atom. The summed E-state index contributed by atoms with van der Waals surface area (Å²) in [7, 11) is 0. The maximum atomic E-state index is 10.0. The second-order valence-electron chi connectivity index (χ2n) is 3.55. The van der Waals surface area contributed by atoms with Crippen LogP contribution in [-0.4, -0.2) is 18.8 Å². The summed E-state index contributed by atoms with van der Waals surface area (Å²) in [5, 5.41) is 2.90. The molecule has 70 valence electrons. The van der Waals surface area contributed by atoms with Gasteiger partial charge < -0.3 is 4.74 Å². The Labute approximate surface area is 73.5 Å². The molecule has 0 radical (unpaired) electrons. The molecule has 1 fully saturated rings. The van der Waals surface area contributed by atoms with Gasteiger partial charge in [0.05, 0.1) is 12.7 Å². The van der Waals surface area contributed by atoms with E-state index in [0.29, 0.717) is 12.7 Å². The molecule has 0 aliphatic heterocycles.